The lowest BCUT2D eigenvalue weighted by molar-refractivity contribution is -0.137. The summed E-state index contributed by atoms with van der Waals surface area (Å²) in [6.07, 6.45) is 0.849. The Kier molecular flexibility index (Phi) is 5.65. The monoisotopic (exact) mass is 366 g/mol. The van der Waals surface area contributed by atoms with E-state index in [0.29, 0.717) is 5.56 Å². The number of nitrogens with zero attached hydrogens (tertiary/aromatic N) is 3. The van der Waals surface area contributed by atoms with Crippen molar-refractivity contribution in [3.8, 4) is 11.4 Å². The Hall–Kier alpha value is -3.30. The first-order valence-corrected chi connectivity index (χ1v) is 7.45. The Morgan fingerprint density at radius 2 is 2.00 bits per heavy atom. The molecule has 0 aliphatic heterocycles. The summed E-state index contributed by atoms with van der Waals surface area (Å²) in [5, 5.41) is 4.04. The summed E-state index contributed by atoms with van der Waals surface area (Å²) in [5.41, 5.74) is 10.1. The number of benzene rings is 1. The molecular formula is C16H17F3N6O. The van der Waals surface area contributed by atoms with Crippen LogP contribution in [0, 0.1) is 6.92 Å². The van der Waals surface area contributed by atoms with E-state index >= 15 is 0 Å². The van der Waals surface area contributed by atoms with Crippen molar-refractivity contribution in [2.75, 3.05) is 0 Å². The topological polar surface area (TPSA) is 97.9 Å². The van der Waals surface area contributed by atoms with Gasteiger partial charge < -0.3 is 5.73 Å². The lowest BCUT2D eigenvalue weighted by Gasteiger charge is -2.09. The number of hydrazine groups is 1. The SMILES string of the molecule is C/C=C(\N)NNC(=O)/C=C\n1cnc(-c2cc(C)cc(C(F)(F)F)c2)n1. The predicted octanol–water partition coefficient (Wildman–Crippen LogP) is 2.18. The number of nitrogens with two attached hydrogens (primary N) is 1. The Morgan fingerprint density at radius 1 is 1.27 bits per heavy atom. The summed E-state index contributed by atoms with van der Waals surface area (Å²) in [7, 11) is 0. The Morgan fingerprint density at radius 3 is 2.65 bits per heavy atom. The van der Waals surface area contributed by atoms with Gasteiger partial charge in [0.25, 0.3) is 5.91 Å². The quantitative estimate of drug-likeness (QED) is 0.557. The van der Waals surface area contributed by atoms with Gasteiger partial charge in [-0.25, -0.2) is 9.67 Å². The van der Waals surface area contributed by atoms with Crippen LogP contribution in [0.3, 0.4) is 0 Å². The maximum atomic E-state index is 12.9. The highest BCUT2D eigenvalue weighted by Gasteiger charge is 2.31. The van der Waals surface area contributed by atoms with E-state index in [1.165, 1.54) is 17.2 Å². The molecule has 0 aliphatic rings. The molecule has 4 N–H and O–H groups in total. The maximum absolute atomic E-state index is 12.9. The van der Waals surface area contributed by atoms with Gasteiger partial charge in [-0.15, -0.1) is 5.10 Å². The molecule has 0 spiro atoms. The van der Waals surface area contributed by atoms with Crippen molar-refractivity contribution in [1.82, 2.24) is 25.6 Å². The van der Waals surface area contributed by atoms with Crippen LogP contribution in [0.25, 0.3) is 17.6 Å². The van der Waals surface area contributed by atoms with Crippen LogP contribution >= 0.6 is 0 Å². The third-order valence-corrected chi connectivity index (χ3v) is 3.19. The molecule has 1 aromatic carbocycles. The minimum absolute atomic E-state index is 0.112. The number of amides is 1. The van der Waals surface area contributed by atoms with Gasteiger partial charge >= 0.3 is 6.18 Å². The number of carbonyl (C=O) groups excluding carboxylic acids is 1. The summed E-state index contributed by atoms with van der Waals surface area (Å²) in [4.78, 5) is 15.6. The van der Waals surface area contributed by atoms with Crippen molar-refractivity contribution < 1.29 is 18.0 Å². The number of allylic oxidation sites excluding steroid dienone is 1. The summed E-state index contributed by atoms with van der Waals surface area (Å²) in [6.45, 7) is 3.25. The van der Waals surface area contributed by atoms with Gasteiger partial charge in [0.05, 0.1) is 5.56 Å². The first-order valence-electron chi connectivity index (χ1n) is 7.45. The smallest absolute Gasteiger partial charge is 0.384 e. The first-order chi connectivity index (χ1) is 12.2. The highest BCUT2D eigenvalue weighted by Crippen LogP contribution is 2.32. The second kappa shape index (κ2) is 7.72. The number of aryl methyl sites for hydroxylation is 1. The number of carbonyl (C=O) groups is 1. The van der Waals surface area contributed by atoms with Gasteiger partial charge in [-0.3, -0.25) is 15.6 Å². The summed E-state index contributed by atoms with van der Waals surface area (Å²) in [5.74, 6) is -0.114. The molecule has 0 saturated carbocycles. The molecule has 0 atom stereocenters. The predicted molar refractivity (Wildman–Crippen MR) is 89.7 cm³/mol. The number of alkyl halides is 3. The number of rotatable bonds is 5. The highest BCUT2D eigenvalue weighted by molar-refractivity contribution is 5.89. The number of halogens is 3. The molecule has 0 bridgehead atoms. The zero-order valence-corrected chi connectivity index (χ0v) is 14.0. The van der Waals surface area contributed by atoms with E-state index in [2.05, 4.69) is 20.9 Å². The van der Waals surface area contributed by atoms with Crippen LogP contribution in [0.5, 0.6) is 0 Å². The second-order valence-electron chi connectivity index (χ2n) is 5.31. The van der Waals surface area contributed by atoms with Gasteiger partial charge in [-0.05, 0) is 43.7 Å². The van der Waals surface area contributed by atoms with E-state index in [4.69, 9.17) is 5.73 Å². The average Bonchev–Trinajstić information content (AvgIpc) is 3.05. The van der Waals surface area contributed by atoms with E-state index in [-0.39, 0.29) is 17.2 Å². The molecule has 0 unspecified atom stereocenters. The summed E-state index contributed by atoms with van der Waals surface area (Å²) in [6, 6.07) is 3.58. The standard InChI is InChI=1S/C16H17F3N6O/c1-3-13(20)22-23-14(26)4-5-25-9-21-15(24-25)11-6-10(2)7-12(8-11)16(17,18)19/h3-9,22H,20H2,1-2H3,(H,23,26)/b5-4-,13-3+. The van der Waals surface area contributed by atoms with E-state index < -0.39 is 17.6 Å². The molecule has 10 heteroatoms. The largest absolute Gasteiger partial charge is 0.416 e. The molecule has 0 radical (unpaired) electrons. The van der Waals surface area contributed by atoms with Crippen molar-refractivity contribution >= 4 is 12.1 Å². The molecule has 7 nitrogen and oxygen atoms in total. The van der Waals surface area contributed by atoms with Gasteiger partial charge in [0.1, 0.15) is 12.1 Å². The Bertz CT molecular complexity index is 854. The molecule has 0 fully saturated rings. The molecule has 26 heavy (non-hydrogen) atoms. The maximum Gasteiger partial charge on any atom is 0.416 e. The molecule has 2 aromatic rings. The molecule has 1 aromatic heterocycles. The lowest BCUT2D eigenvalue weighted by atomic mass is 10.1. The van der Waals surface area contributed by atoms with Gasteiger partial charge in [-0.2, -0.15) is 13.2 Å². The number of hydrogen-bond donors (Lipinski definition) is 3. The van der Waals surface area contributed by atoms with E-state index in [0.717, 1.165) is 18.2 Å². The molecule has 138 valence electrons. The van der Waals surface area contributed by atoms with Gasteiger partial charge in [0.2, 0.25) is 0 Å². The number of nitrogens with one attached hydrogen (secondary N) is 2. The minimum Gasteiger partial charge on any atom is -0.384 e. The van der Waals surface area contributed by atoms with Crippen LogP contribution in [0.15, 0.2) is 42.5 Å². The number of hydrogen-bond acceptors (Lipinski definition) is 5. The van der Waals surface area contributed by atoms with Crippen LogP contribution in [0.2, 0.25) is 0 Å². The molecular weight excluding hydrogens is 349 g/mol. The fraction of sp³-hybridized carbons (Fsp3) is 0.188. The highest BCUT2D eigenvalue weighted by atomic mass is 19.4. The van der Waals surface area contributed by atoms with Crippen LogP contribution in [-0.2, 0) is 11.0 Å². The normalized spacial score (nSPS) is 12.4. The van der Waals surface area contributed by atoms with Crippen molar-refractivity contribution in [3.63, 3.8) is 0 Å². The molecule has 0 saturated heterocycles. The molecule has 2 rings (SSSR count). The molecule has 0 aliphatic carbocycles. The fourth-order valence-electron chi connectivity index (χ4n) is 1.95. The molecule has 1 amide bonds. The zero-order chi connectivity index (χ0) is 19.3. The van der Waals surface area contributed by atoms with Gasteiger partial charge in [0.15, 0.2) is 5.82 Å². The van der Waals surface area contributed by atoms with Crippen molar-refractivity contribution in [2.45, 2.75) is 20.0 Å². The van der Waals surface area contributed by atoms with E-state index in [1.54, 1.807) is 26.0 Å². The van der Waals surface area contributed by atoms with Crippen LogP contribution in [0.1, 0.15) is 18.1 Å². The van der Waals surface area contributed by atoms with Crippen LogP contribution < -0.4 is 16.6 Å². The van der Waals surface area contributed by atoms with Crippen molar-refractivity contribution in [3.05, 3.63) is 53.6 Å². The van der Waals surface area contributed by atoms with Gasteiger partial charge in [-0.1, -0.05) is 0 Å². The lowest BCUT2D eigenvalue weighted by Crippen LogP contribution is -2.38. The summed E-state index contributed by atoms with van der Waals surface area (Å²) >= 11 is 0. The van der Waals surface area contributed by atoms with Crippen molar-refractivity contribution in [2.24, 2.45) is 5.73 Å². The zero-order valence-electron chi connectivity index (χ0n) is 14.0. The summed E-state index contributed by atoms with van der Waals surface area (Å²) < 4.78 is 40.0. The number of aromatic nitrogens is 3. The van der Waals surface area contributed by atoms with Crippen molar-refractivity contribution in [1.29, 1.82) is 0 Å². The third-order valence-electron chi connectivity index (χ3n) is 3.19. The molecule has 1 heterocycles. The Balaban J connectivity index is 2.14. The average molecular weight is 366 g/mol. The first kappa shape index (κ1) is 19.0. The van der Waals surface area contributed by atoms with E-state index in [1.807, 2.05) is 0 Å². The van der Waals surface area contributed by atoms with Crippen LogP contribution in [0.4, 0.5) is 13.2 Å². The Labute approximate surface area is 147 Å². The van der Waals surface area contributed by atoms with Crippen LogP contribution in [-0.4, -0.2) is 20.7 Å². The second-order valence-corrected chi connectivity index (χ2v) is 5.31. The third kappa shape index (κ3) is 5.10. The van der Waals surface area contributed by atoms with E-state index in [9.17, 15) is 18.0 Å². The van der Waals surface area contributed by atoms with Gasteiger partial charge in [0, 0.05) is 17.8 Å². The minimum atomic E-state index is -4.46. The fourth-order valence-corrected chi connectivity index (χ4v) is 1.95.